The van der Waals surface area contributed by atoms with Crippen LogP contribution in [0.2, 0.25) is 5.02 Å². The van der Waals surface area contributed by atoms with E-state index in [4.69, 9.17) is 22.6 Å². The number of nitrogens with two attached hydrogens (primary N) is 1. The first kappa shape index (κ1) is 17.9. The predicted molar refractivity (Wildman–Crippen MR) is 95.5 cm³/mol. The number of carbonyl (C=O) groups excluding carboxylic acids is 1. The van der Waals surface area contributed by atoms with E-state index in [-0.39, 0.29) is 5.91 Å². The van der Waals surface area contributed by atoms with Crippen molar-refractivity contribution in [2.24, 2.45) is 5.73 Å². The molecule has 1 unspecified atom stereocenters. The summed E-state index contributed by atoms with van der Waals surface area (Å²) in [6.07, 6.45) is 2.45. The maximum Gasteiger partial charge on any atom is 0.240 e. The lowest BCUT2D eigenvalue weighted by Crippen LogP contribution is -2.42. The summed E-state index contributed by atoms with van der Waals surface area (Å²) >= 11 is 7.63. The Morgan fingerprint density at radius 1 is 1.52 bits per heavy atom. The molecule has 1 aromatic carbocycles. The number of amides is 1. The van der Waals surface area contributed by atoms with Crippen molar-refractivity contribution in [2.45, 2.75) is 25.3 Å². The summed E-state index contributed by atoms with van der Waals surface area (Å²) in [6, 6.07) is 6.93. The van der Waals surface area contributed by atoms with Crippen LogP contribution in [0.1, 0.15) is 24.8 Å². The van der Waals surface area contributed by atoms with E-state index in [1.807, 2.05) is 4.90 Å². The zero-order chi connectivity index (χ0) is 16.7. The molecule has 2 rings (SSSR count). The molecular formula is C16H21ClN4OS. The Morgan fingerprint density at radius 2 is 2.35 bits per heavy atom. The smallest absolute Gasteiger partial charge is 0.240 e. The van der Waals surface area contributed by atoms with Crippen molar-refractivity contribution in [1.82, 2.24) is 4.90 Å². The molecule has 23 heavy (non-hydrogen) atoms. The molecule has 1 aliphatic heterocycles. The van der Waals surface area contributed by atoms with Crippen molar-refractivity contribution in [2.75, 3.05) is 30.0 Å². The van der Waals surface area contributed by atoms with Gasteiger partial charge in [-0.25, -0.2) is 0 Å². The lowest BCUT2D eigenvalue weighted by Gasteiger charge is -2.19. The van der Waals surface area contributed by atoms with E-state index in [1.165, 1.54) is 0 Å². The number of rotatable bonds is 7. The van der Waals surface area contributed by atoms with Crippen LogP contribution in [0.4, 0.5) is 5.69 Å². The van der Waals surface area contributed by atoms with Gasteiger partial charge in [0.2, 0.25) is 5.91 Å². The van der Waals surface area contributed by atoms with Crippen LogP contribution in [0.15, 0.2) is 18.2 Å². The summed E-state index contributed by atoms with van der Waals surface area (Å²) < 4.78 is 0. The SMILES string of the molecule is N#Cc1cc(Cl)ccc1NCCCCC(N)C(=O)N1CCSC1. The number of halogens is 1. The van der Waals surface area contributed by atoms with E-state index in [1.54, 1.807) is 30.0 Å². The fourth-order valence-electron chi connectivity index (χ4n) is 2.42. The van der Waals surface area contributed by atoms with E-state index in [2.05, 4.69) is 11.4 Å². The lowest BCUT2D eigenvalue weighted by molar-refractivity contribution is -0.131. The van der Waals surface area contributed by atoms with Gasteiger partial charge in [0.15, 0.2) is 0 Å². The third-order valence-electron chi connectivity index (χ3n) is 3.74. The molecule has 1 atom stereocenters. The molecule has 5 nitrogen and oxygen atoms in total. The maximum absolute atomic E-state index is 12.1. The van der Waals surface area contributed by atoms with Crippen molar-refractivity contribution < 1.29 is 4.79 Å². The van der Waals surface area contributed by atoms with Crippen molar-refractivity contribution in [3.8, 4) is 6.07 Å². The second kappa shape index (κ2) is 9.02. The molecule has 0 bridgehead atoms. The van der Waals surface area contributed by atoms with Crippen LogP contribution in [0, 0.1) is 11.3 Å². The first-order valence-corrected chi connectivity index (χ1v) is 9.20. The minimum Gasteiger partial charge on any atom is -0.384 e. The van der Waals surface area contributed by atoms with Crippen molar-refractivity contribution in [3.05, 3.63) is 28.8 Å². The minimum absolute atomic E-state index is 0.0624. The molecule has 7 heteroatoms. The van der Waals surface area contributed by atoms with Crippen LogP contribution >= 0.6 is 23.4 Å². The molecule has 0 aromatic heterocycles. The highest BCUT2D eigenvalue weighted by atomic mass is 35.5. The van der Waals surface area contributed by atoms with Gasteiger partial charge < -0.3 is 16.0 Å². The lowest BCUT2D eigenvalue weighted by atomic mass is 10.1. The molecule has 1 heterocycles. The first-order valence-electron chi connectivity index (χ1n) is 7.67. The molecule has 0 spiro atoms. The summed E-state index contributed by atoms with van der Waals surface area (Å²) in [4.78, 5) is 13.9. The number of carbonyl (C=O) groups is 1. The predicted octanol–water partition coefficient (Wildman–Crippen LogP) is 2.65. The summed E-state index contributed by atoms with van der Waals surface area (Å²) in [5, 5.41) is 12.9. The first-order chi connectivity index (χ1) is 11.1. The van der Waals surface area contributed by atoms with Crippen LogP contribution in [0.25, 0.3) is 0 Å². The highest BCUT2D eigenvalue weighted by Crippen LogP contribution is 2.20. The highest BCUT2D eigenvalue weighted by molar-refractivity contribution is 7.99. The van der Waals surface area contributed by atoms with Gasteiger partial charge in [0.25, 0.3) is 0 Å². The van der Waals surface area contributed by atoms with Crippen LogP contribution in [-0.4, -0.2) is 41.6 Å². The highest BCUT2D eigenvalue weighted by Gasteiger charge is 2.23. The Labute approximate surface area is 146 Å². The second-order valence-corrected chi connectivity index (χ2v) is 6.98. The molecule has 0 radical (unpaired) electrons. The summed E-state index contributed by atoms with van der Waals surface area (Å²) in [5.41, 5.74) is 7.30. The number of nitrogens with zero attached hydrogens (tertiary/aromatic N) is 2. The van der Waals surface area contributed by atoms with E-state index in [0.29, 0.717) is 17.0 Å². The maximum atomic E-state index is 12.1. The van der Waals surface area contributed by atoms with Crippen LogP contribution in [-0.2, 0) is 4.79 Å². The number of hydrogen-bond donors (Lipinski definition) is 2. The van der Waals surface area contributed by atoms with Gasteiger partial charge in [-0.2, -0.15) is 5.26 Å². The molecule has 3 N–H and O–H groups in total. The number of hydrogen-bond acceptors (Lipinski definition) is 5. The Morgan fingerprint density at radius 3 is 3.04 bits per heavy atom. The number of thioether (sulfide) groups is 1. The van der Waals surface area contributed by atoms with Gasteiger partial charge in [0, 0.05) is 23.9 Å². The molecule has 124 valence electrons. The van der Waals surface area contributed by atoms with Crippen LogP contribution in [0.3, 0.4) is 0 Å². The average Bonchev–Trinajstić information content (AvgIpc) is 3.09. The minimum atomic E-state index is -0.404. The zero-order valence-electron chi connectivity index (χ0n) is 12.9. The van der Waals surface area contributed by atoms with Crippen LogP contribution < -0.4 is 11.1 Å². The van der Waals surface area contributed by atoms with E-state index in [9.17, 15) is 4.79 Å². The fourth-order valence-corrected chi connectivity index (χ4v) is 3.55. The monoisotopic (exact) mass is 352 g/mol. The van der Waals surface area contributed by atoms with Gasteiger partial charge in [0.1, 0.15) is 6.07 Å². The third-order valence-corrected chi connectivity index (χ3v) is 4.94. The largest absolute Gasteiger partial charge is 0.384 e. The van der Waals surface area contributed by atoms with E-state index < -0.39 is 6.04 Å². The Balaban J connectivity index is 1.68. The van der Waals surface area contributed by atoms with Gasteiger partial charge in [-0.05, 0) is 37.5 Å². The average molecular weight is 353 g/mol. The quantitative estimate of drug-likeness (QED) is 0.737. The van der Waals surface area contributed by atoms with Crippen molar-refractivity contribution in [3.63, 3.8) is 0 Å². The van der Waals surface area contributed by atoms with Crippen LogP contribution in [0.5, 0.6) is 0 Å². The molecule has 1 amide bonds. The normalized spacial score (nSPS) is 15.3. The molecule has 1 aliphatic rings. The van der Waals surface area contributed by atoms with E-state index in [0.717, 1.165) is 43.2 Å². The summed E-state index contributed by atoms with van der Waals surface area (Å²) in [5.74, 6) is 1.83. The van der Waals surface area contributed by atoms with Gasteiger partial charge in [-0.3, -0.25) is 4.79 Å². The van der Waals surface area contributed by atoms with Gasteiger partial charge >= 0.3 is 0 Å². The van der Waals surface area contributed by atoms with E-state index >= 15 is 0 Å². The molecule has 1 saturated heterocycles. The molecule has 1 aromatic rings. The van der Waals surface area contributed by atoms with Crippen molar-refractivity contribution >= 4 is 35.0 Å². The zero-order valence-corrected chi connectivity index (χ0v) is 14.5. The standard InChI is InChI=1S/C16H21ClN4OS/c17-13-4-5-15(12(9-13)10-18)20-6-2-1-3-14(19)16(22)21-7-8-23-11-21/h4-5,9,14,20H,1-3,6-8,11,19H2. The third kappa shape index (κ3) is 5.31. The second-order valence-electron chi connectivity index (χ2n) is 5.47. The number of benzene rings is 1. The van der Waals surface area contributed by atoms with Gasteiger partial charge in [0.05, 0.1) is 23.2 Å². The Bertz CT molecular complexity index is 584. The van der Waals surface area contributed by atoms with Crippen molar-refractivity contribution in [1.29, 1.82) is 5.26 Å². The Kier molecular flexibility index (Phi) is 7.03. The number of nitriles is 1. The fraction of sp³-hybridized carbons (Fsp3) is 0.500. The number of nitrogens with one attached hydrogen (secondary N) is 1. The molecule has 0 saturated carbocycles. The number of unbranched alkanes of at least 4 members (excludes halogenated alkanes) is 1. The topological polar surface area (TPSA) is 82.1 Å². The summed E-state index contributed by atoms with van der Waals surface area (Å²) in [6.45, 7) is 1.54. The Hall–Kier alpha value is -1.42. The van der Waals surface area contributed by atoms with Gasteiger partial charge in [-0.15, -0.1) is 11.8 Å². The summed E-state index contributed by atoms with van der Waals surface area (Å²) in [7, 11) is 0. The molecule has 1 fully saturated rings. The number of anilines is 1. The van der Waals surface area contributed by atoms with Gasteiger partial charge in [-0.1, -0.05) is 11.6 Å². The molecular weight excluding hydrogens is 332 g/mol. The molecule has 0 aliphatic carbocycles.